The van der Waals surface area contributed by atoms with E-state index >= 15 is 0 Å². The van der Waals surface area contributed by atoms with Crippen LogP contribution in [-0.2, 0) is 6.42 Å². The van der Waals surface area contributed by atoms with E-state index in [0.717, 1.165) is 5.56 Å². The highest BCUT2D eigenvalue weighted by Gasteiger charge is 2.16. The normalized spacial score (nSPS) is 12.8. The Balaban J connectivity index is 1.92. The third-order valence-corrected chi connectivity index (χ3v) is 3.54. The SMILES string of the molecule is NC(Cc1ccccc1)c1nc2cc(Cl)cc(Cl)c2o1. The molecule has 20 heavy (non-hydrogen) atoms. The minimum absolute atomic E-state index is 0.320. The Bertz CT molecular complexity index is 740. The van der Waals surface area contributed by atoms with Crippen molar-refractivity contribution in [2.24, 2.45) is 5.73 Å². The minimum Gasteiger partial charge on any atom is -0.437 e. The largest absolute Gasteiger partial charge is 0.437 e. The van der Waals surface area contributed by atoms with Crippen molar-refractivity contribution in [1.29, 1.82) is 0 Å². The second-order valence-corrected chi connectivity index (χ2v) is 5.43. The van der Waals surface area contributed by atoms with Gasteiger partial charge in [0, 0.05) is 5.02 Å². The van der Waals surface area contributed by atoms with Crippen molar-refractivity contribution in [3.8, 4) is 0 Å². The lowest BCUT2D eigenvalue weighted by molar-refractivity contribution is 0.474. The van der Waals surface area contributed by atoms with Gasteiger partial charge in [0.05, 0.1) is 11.1 Å². The molecule has 3 nitrogen and oxygen atoms in total. The summed E-state index contributed by atoms with van der Waals surface area (Å²) in [4.78, 5) is 4.37. The summed E-state index contributed by atoms with van der Waals surface area (Å²) >= 11 is 12.0. The molecule has 1 aromatic heterocycles. The van der Waals surface area contributed by atoms with Crippen LogP contribution in [-0.4, -0.2) is 4.98 Å². The van der Waals surface area contributed by atoms with Crippen molar-refractivity contribution in [2.45, 2.75) is 12.5 Å². The maximum atomic E-state index is 6.15. The zero-order chi connectivity index (χ0) is 14.1. The fourth-order valence-corrected chi connectivity index (χ4v) is 2.61. The molecular formula is C15H12Cl2N2O. The van der Waals surface area contributed by atoms with Crippen molar-refractivity contribution in [2.75, 3.05) is 0 Å². The first kappa shape index (κ1) is 13.4. The fourth-order valence-electron chi connectivity index (χ4n) is 2.09. The van der Waals surface area contributed by atoms with Gasteiger partial charge in [0.2, 0.25) is 5.89 Å². The van der Waals surface area contributed by atoms with Crippen molar-refractivity contribution >= 4 is 34.3 Å². The van der Waals surface area contributed by atoms with E-state index in [2.05, 4.69) is 4.98 Å². The number of fused-ring (bicyclic) bond motifs is 1. The third kappa shape index (κ3) is 2.66. The van der Waals surface area contributed by atoms with Crippen molar-refractivity contribution in [3.63, 3.8) is 0 Å². The van der Waals surface area contributed by atoms with E-state index in [1.165, 1.54) is 0 Å². The highest BCUT2D eigenvalue weighted by molar-refractivity contribution is 6.37. The van der Waals surface area contributed by atoms with Gasteiger partial charge in [-0.3, -0.25) is 0 Å². The summed E-state index contributed by atoms with van der Waals surface area (Å²) in [5, 5.41) is 0.970. The van der Waals surface area contributed by atoms with Crippen LogP contribution < -0.4 is 5.73 Å². The van der Waals surface area contributed by atoms with Gasteiger partial charge < -0.3 is 10.2 Å². The number of hydrogen-bond acceptors (Lipinski definition) is 3. The molecule has 1 atom stereocenters. The number of aromatic nitrogens is 1. The molecule has 3 aromatic rings. The molecular weight excluding hydrogens is 295 g/mol. The Labute approximate surface area is 126 Å². The summed E-state index contributed by atoms with van der Waals surface area (Å²) in [6, 6.07) is 13.0. The van der Waals surface area contributed by atoms with Crippen molar-refractivity contribution in [1.82, 2.24) is 4.98 Å². The van der Waals surface area contributed by atoms with E-state index in [0.29, 0.717) is 33.5 Å². The Morgan fingerprint density at radius 2 is 1.90 bits per heavy atom. The van der Waals surface area contributed by atoms with E-state index in [1.54, 1.807) is 12.1 Å². The van der Waals surface area contributed by atoms with Gasteiger partial charge in [0.15, 0.2) is 5.58 Å². The van der Waals surface area contributed by atoms with Gasteiger partial charge in [-0.05, 0) is 24.1 Å². The first-order chi connectivity index (χ1) is 9.63. The average Bonchev–Trinajstić information content (AvgIpc) is 2.84. The molecule has 2 aromatic carbocycles. The Kier molecular flexibility index (Phi) is 3.66. The second-order valence-electron chi connectivity index (χ2n) is 4.58. The van der Waals surface area contributed by atoms with Gasteiger partial charge in [-0.25, -0.2) is 4.98 Å². The third-order valence-electron chi connectivity index (χ3n) is 3.04. The number of nitrogens with two attached hydrogens (primary N) is 1. The zero-order valence-corrected chi connectivity index (χ0v) is 12.0. The first-order valence-corrected chi connectivity index (χ1v) is 6.94. The molecule has 0 fully saturated rings. The molecule has 0 amide bonds. The standard InChI is InChI=1S/C15H12Cl2N2O/c16-10-7-11(17)14-13(8-10)19-15(20-14)12(18)6-9-4-2-1-3-5-9/h1-5,7-8,12H,6,18H2. The molecule has 0 radical (unpaired) electrons. The summed E-state index contributed by atoms with van der Waals surface area (Å²) in [5.74, 6) is 0.466. The highest BCUT2D eigenvalue weighted by atomic mass is 35.5. The Morgan fingerprint density at radius 3 is 2.65 bits per heavy atom. The molecule has 0 saturated carbocycles. The van der Waals surface area contributed by atoms with E-state index in [-0.39, 0.29) is 6.04 Å². The van der Waals surface area contributed by atoms with Gasteiger partial charge >= 0.3 is 0 Å². The van der Waals surface area contributed by atoms with Crippen molar-refractivity contribution < 1.29 is 4.42 Å². The number of oxazole rings is 1. The highest BCUT2D eigenvalue weighted by Crippen LogP contribution is 2.30. The lowest BCUT2D eigenvalue weighted by Crippen LogP contribution is -2.13. The lowest BCUT2D eigenvalue weighted by Gasteiger charge is -2.06. The van der Waals surface area contributed by atoms with Crippen LogP contribution in [0.1, 0.15) is 17.5 Å². The first-order valence-electron chi connectivity index (χ1n) is 6.18. The predicted octanol–water partition coefficient (Wildman–Crippen LogP) is 4.38. The molecule has 0 aliphatic carbocycles. The molecule has 5 heteroatoms. The Morgan fingerprint density at radius 1 is 1.15 bits per heavy atom. The van der Waals surface area contributed by atoms with E-state index < -0.39 is 0 Å². The molecule has 102 valence electrons. The quantitative estimate of drug-likeness (QED) is 0.781. The summed E-state index contributed by atoms with van der Waals surface area (Å²) in [7, 11) is 0. The van der Waals surface area contributed by atoms with Crippen LogP contribution in [0.4, 0.5) is 0 Å². The predicted molar refractivity (Wildman–Crippen MR) is 81.1 cm³/mol. The molecule has 0 aliphatic rings. The van der Waals surface area contributed by atoms with Gasteiger partial charge in [0.25, 0.3) is 0 Å². The van der Waals surface area contributed by atoms with Gasteiger partial charge in [0.1, 0.15) is 5.52 Å². The van der Waals surface area contributed by atoms with E-state index in [1.807, 2.05) is 30.3 Å². The van der Waals surface area contributed by atoms with Crippen molar-refractivity contribution in [3.05, 3.63) is 64.0 Å². The Hall–Kier alpha value is -1.55. The van der Waals surface area contributed by atoms with E-state index in [4.69, 9.17) is 33.4 Å². The molecule has 0 bridgehead atoms. The zero-order valence-electron chi connectivity index (χ0n) is 10.5. The second kappa shape index (κ2) is 5.44. The lowest BCUT2D eigenvalue weighted by atomic mass is 10.1. The van der Waals surface area contributed by atoms with Crippen LogP contribution in [0.2, 0.25) is 10.0 Å². The number of halogens is 2. The van der Waals surface area contributed by atoms with Gasteiger partial charge in [-0.15, -0.1) is 0 Å². The van der Waals surface area contributed by atoms with Crippen LogP contribution in [0, 0.1) is 0 Å². The minimum atomic E-state index is -0.320. The number of rotatable bonds is 3. The molecule has 1 heterocycles. The smallest absolute Gasteiger partial charge is 0.212 e. The van der Waals surface area contributed by atoms with Crippen LogP contribution in [0.25, 0.3) is 11.1 Å². The molecule has 2 N–H and O–H groups in total. The van der Waals surface area contributed by atoms with Gasteiger partial charge in [-0.1, -0.05) is 53.5 Å². The molecule has 0 spiro atoms. The summed E-state index contributed by atoms with van der Waals surface area (Å²) in [6.07, 6.45) is 0.652. The number of hydrogen-bond donors (Lipinski definition) is 1. The van der Waals surface area contributed by atoms with E-state index in [9.17, 15) is 0 Å². The van der Waals surface area contributed by atoms with Crippen LogP contribution in [0.3, 0.4) is 0 Å². The summed E-state index contributed by atoms with van der Waals surface area (Å²) in [6.45, 7) is 0. The van der Waals surface area contributed by atoms with Crippen LogP contribution in [0.5, 0.6) is 0 Å². The van der Waals surface area contributed by atoms with Gasteiger partial charge in [-0.2, -0.15) is 0 Å². The molecule has 3 rings (SSSR count). The maximum absolute atomic E-state index is 6.15. The maximum Gasteiger partial charge on any atom is 0.212 e. The topological polar surface area (TPSA) is 52.0 Å². The summed E-state index contributed by atoms with van der Waals surface area (Å²) < 4.78 is 5.66. The summed E-state index contributed by atoms with van der Waals surface area (Å²) in [5.41, 5.74) is 8.43. The van der Waals surface area contributed by atoms with Crippen LogP contribution in [0.15, 0.2) is 46.9 Å². The molecule has 0 aliphatic heterocycles. The average molecular weight is 307 g/mol. The fraction of sp³-hybridized carbons (Fsp3) is 0.133. The number of nitrogens with zero attached hydrogens (tertiary/aromatic N) is 1. The molecule has 0 saturated heterocycles. The molecule has 1 unspecified atom stereocenters. The van der Waals surface area contributed by atoms with Crippen LogP contribution >= 0.6 is 23.2 Å². The monoisotopic (exact) mass is 306 g/mol. The number of benzene rings is 2.